The highest BCUT2D eigenvalue weighted by atomic mass is 19.1. The van der Waals surface area contributed by atoms with Gasteiger partial charge >= 0.3 is 0 Å². The predicted octanol–water partition coefficient (Wildman–Crippen LogP) is 3.28. The molecule has 0 aliphatic carbocycles. The number of aromatic nitrogens is 2. The van der Waals surface area contributed by atoms with Crippen molar-refractivity contribution in [1.29, 1.82) is 0 Å². The first-order valence-electron chi connectivity index (χ1n) is 6.47. The van der Waals surface area contributed by atoms with Gasteiger partial charge in [-0.3, -0.25) is 4.57 Å². The summed E-state index contributed by atoms with van der Waals surface area (Å²) in [7, 11) is 0. The molecule has 4 nitrogen and oxygen atoms in total. The molecule has 108 valence electrons. The molecule has 0 spiro atoms. The largest absolute Gasteiger partial charge is 0.492 e. The highest BCUT2D eigenvalue weighted by Crippen LogP contribution is 2.31. The number of hydrogen-bond acceptors (Lipinski definition) is 3. The number of benzene rings is 2. The van der Waals surface area contributed by atoms with Crippen molar-refractivity contribution < 1.29 is 13.5 Å². The molecule has 0 atom stereocenters. The van der Waals surface area contributed by atoms with Crippen LogP contribution in [-0.4, -0.2) is 16.2 Å². The summed E-state index contributed by atoms with van der Waals surface area (Å²) in [6.07, 6.45) is 0. The summed E-state index contributed by atoms with van der Waals surface area (Å²) in [5.74, 6) is -0.885. The fourth-order valence-electron chi connectivity index (χ4n) is 2.30. The quantitative estimate of drug-likeness (QED) is 0.805. The fourth-order valence-corrected chi connectivity index (χ4v) is 2.30. The van der Waals surface area contributed by atoms with Gasteiger partial charge in [0, 0.05) is 0 Å². The van der Waals surface area contributed by atoms with E-state index in [1.807, 2.05) is 6.92 Å². The zero-order valence-corrected chi connectivity index (χ0v) is 11.3. The average molecular weight is 289 g/mol. The van der Waals surface area contributed by atoms with Crippen LogP contribution in [0.5, 0.6) is 5.75 Å². The maximum atomic E-state index is 14.0. The Morgan fingerprint density at radius 2 is 1.81 bits per heavy atom. The van der Waals surface area contributed by atoms with Crippen LogP contribution >= 0.6 is 0 Å². The minimum Gasteiger partial charge on any atom is -0.492 e. The molecule has 0 aliphatic heterocycles. The van der Waals surface area contributed by atoms with E-state index in [1.54, 1.807) is 18.2 Å². The van der Waals surface area contributed by atoms with Crippen molar-refractivity contribution in [2.24, 2.45) is 0 Å². The number of fused-ring (bicyclic) bond motifs is 1. The molecule has 6 heteroatoms. The topological polar surface area (TPSA) is 53.1 Å². The molecule has 2 N–H and O–H groups in total. The summed E-state index contributed by atoms with van der Waals surface area (Å²) in [5, 5.41) is 0. The fraction of sp³-hybridized carbons (Fsp3) is 0.133. The van der Waals surface area contributed by atoms with Crippen LogP contribution in [0, 0.1) is 11.6 Å². The molecule has 0 bridgehead atoms. The second kappa shape index (κ2) is 5.05. The Labute approximate surface area is 119 Å². The van der Waals surface area contributed by atoms with E-state index in [0.29, 0.717) is 23.4 Å². The zero-order chi connectivity index (χ0) is 15.0. The van der Waals surface area contributed by atoms with Gasteiger partial charge in [-0.2, -0.15) is 0 Å². The number of imidazole rings is 1. The normalized spacial score (nSPS) is 11.0. The third-order valence-electron chi connectivity index (χ3n) is 3.14. The second-order valence-electron chi connectivity index (χ2n) is 4.43. The molecule has 0 radical (unpaired) electrons. The van der Waals surface area contributed by atoms with E-state index in [0.717, 1.165) is 0 Å². The Bertz CT molecular complexity index is 794. The number of nitrogens with zero attached hydrogens (tertiary/aromatic N) is 2. The molecule has 3 aromatic rings. The summed E-state index contributed by atoms with van der Waals surface area (Å²) in [4.78, 5) is 4.17. The summed E-state index contributed by atoms with van der Waals surface area (Å²) >= 11 is 0. The lowest BCUT2D eigenvalue weighted by Crippen LogP contribution is -2.05. The maximum Gasteiger partial charge on any atom is 0.206 e. The van der Waals surface area contributed by atoms with E-state index in [1.165, 1.54) is 22.8 Å². The number of anilines is 1. The first-order valence-corrected chi connectivity index (χ1v) is 6.47. The monoisotopic (exact) mass is 289 g/mol. The maximum absolute atomic E-state index is 14.0. The van der Waals surface area contributed by atoms with Crippen LogP contribution in [0.2, 0.25) is 0 Å². The molecule has 1 aromatic heterocycles. The van der Waals surface area contributed by atoms with Crippen molar-refractivity contribution >= 4 is 17.0 Å². The molecule has 0 saturated heterocycles. The first-order chi connectivity index (χ1) is 10.1. The van der Waals surface area contributed by atoms with Crippen LogP contribution in [0.4, 0.5) is 14.7 Å². The molecular weight excluding hydrogens is 276 g/mol. The van der Waals surface area contributed by atoms with Crippen LogP contribution in [-0.2, 0) is 0 Å². The predicted molar refractivity (Wildman–Crippen MR) is 76.6 cm³/mol. The number of nitrogens with two attached hydrogens (primary N) is 1. The Hall–Kier alpha value is -2.63. The Morgan fingerprint density at radius 3 is 2.48 bits per heavy atom. The first kappa shape index (κ1) is 13.4. The van der Waals surface area contributed by atoms with Gasteiger partial charge in [-0.15, -0.1) is 0 Å². The van der Waals surface area contributed by atoms with Crippen LogP contribution in [0.1, 0.15) is 6.92 Å². The molecule has 0 amide bonds. The van der Waals surface area contributed by atoms with Crippen LogP contribution < -0.4 is 10.5 Å². The SMILES string of the molecule is CCOc1cccc2c1nc(N)n2-c1c(F)cccc1F. The van der Waals surface area contributed by atoms with Crippen molar-refractivity contribution in [1.82, 2.24) is 9.55 Å². The van der Waals surface area contributed by atoms with E-state index in [2.05, 4.69) is 4.98 Å². The Morgan fingerprint density at radius 1 is 1.14 bits per heavy atom. The van der Waals surface area contributed by atoms with Gasteiger partial charge in [0.05, 0.1) is 12.1 Å². The number of rotatable bonds is 3. The molecule has 0 aliphatic rings. The van der Waals surface area contributed by atoms with Gasteiger partial charge in [-0.05, 0) is 31.2 Å². The van der Waals surface area contributed by atoms with E-state index < -0.39 is 11.6 Å². The van der Waals surface area contributed by atoms with E-state index in [-0.39, 0.29) is 11.6 Å². The van der Waals surface area contributed by atoms with Crippen molar-refractivity contribution in [3.63, 3.8) is 0 Å². The molecule has 21 heavy (non-hydrogen) atoms. The Balaban J connectivity index is 2.34. The average Bonchev–Trinajstić information content (AvgIpc) is 2.77. The van der Waals surface area contributed by atoms with Crippen LogP contribution in [0.3, 0.4) is 0 Å². The number of ether oxygens (including phenoxy) is 1. The van der Waals surface area contributed by atoms with Crippen molar-refractivity contribution in [3.8, 4) is 11.4 Å². The Kier molecular flexibility index (Phi) is 3.21. The van der Waals surface area contributed by atoms with E-state index in [9.17, 15) is 8.78 Å². The highest BCUT2D eigenvalue weighted by Gasteiger charge is 2.19. The zero-order valence-electron chi connectivity index (χ0n) is 11.3. The van der Waals surface area contributed by atoms with Gasteiger partial charge in [0.15, 0.2) is 0 Å². The third-order valence-corrected chi connectivity index (χ3v) is 3.14. The molecule has 0 fully saturated rings. The second-order valence-corrected chi connectivity index (χ2v) is 4.43. The van der Waals surface area contributed by atoms with E-state index in [4.69, 9.17) is 10.5 Å². The third kappa shape index (κ3) is 2.08. The lowest BCUT2D eigenvalue weighted by atomic mass is 10.2. The number of hydrogen-bond donors (Lipinski definition) is 1. The highest BCUT2D eigenvalue weighted by molar-refractivity contribution is 5.86. The van der Waals surface area contributed by atoms with Gasteiger partial charge in [0.1, 0.15) is 28.6 Å². The van der Waals surface area contributed by atoms with Gasteiger partial charge < -0.3 is 10.5 Å². The molecule has 0 saturated carbocycles. The molecule has 2 aromatic carbocycles. The van der Waals surface area contributed by atoms with Crippen molar-refractivity contribution in [2.45, 2.75) is 6.92 Å². The van der Waals surface area contributed by atoms with Crippen LogP contribution in [0.15, 0.2) is 36.4 Å². The number of nitrogen functional groups attached to an aromatic ring is 1. The molecule has 0 unspecified atom stereocenters. The van der Waals surface area contributed by atoms with Gasteiger partial charge in [0.2, 0.25) is 5.95 Å². The molecule has 3 rings (SSSR count). The lowest BCUT2D eigenvalue weighted by molar-refractivity contribution is 0.343. The molecule has 1 heterocycles. The van der Waals surface area contributed by atoms with Crippen molar-refractivity contribution in [2.75, 3.05) is 12.3 Å². The molecular formula is C15H13F2N3O. The summed E-state index contributed by atoms with van der Waals surface area (Å²) in [6, 6.07) is 8.80. The van der Waals surface area contributed by atoms with Gasteiger partial charge in [-0.25, -0.2) is 13.8 Å². The van der Waals surface area contributed by atoms with Crippen molar-refractivity contribution in [3.05, 3.63) is 48.0 Å². The van der Waals surface area contributed by atoms with Gasteiger partial charge in [-0.1, -0.05) is 12.1 Å². The number of para-hydroxylation sites is 2. The summed E-state index contributed by atoms with van der Waals surface area (Å²) < 4.78 is 34.7. The lowest BCUT2D eigenvalue weighted by Gasteiger charge is -2.09. The number of halogens is 2. The smallest absolute Gasteiger partial charge is 0.206 e. The van der Waals surface area contributed by atoms with E-state index >= 15 is 0 Å². The van der Waals surface area contributed by atoms with Crippen LogP contribution in [0.25, 0.3) is 16.7 Å². The van der Waals surface area contributed by atoms with Gasteiger partial charge in [0.25, 0.3) is 0 Å². The summed E-state index contributed by atoms with van der Waals surface area (Å²) in [5.41, 5.74) is 6.57. The standard InChI is InChI=1S/C15H13F2N3O/c1-2-21-12-8-4-7-11-13(12)19-15(18)20(11)14-9(16)5-3-6-10(14)17/h3-8H,2H2,1H3,(H2,18,19). The minimum absolute atomic E-state index is 0.00107. The minimum atomic E-state index is -0.706. The summed E-state index contributed by atoms with van der Waals surface area (Å²) in [6.45, 7) is 2.30.